The number of hydrazone groups is 1. The van der Waals surface area contributed by atoms with Crippen LogP contribution in [0.15, 0.2) is 53.6 Å². The first-order chi connectivity index (χ1) is 9.79. The molecule has 3 rings (SSSR count). The number of phenolic OH excluding ortho intramolecular Hbond substituents is 1. The summed E-state index contributed by atoms with van der Waals surface area (Å²) in [6.07, 6.45) is 1.81. The fraction of sp³-hybridized carbons (Fsp3) is 0.0625. The molecule has 0 unspecified atom stereocenters. The normalized spacial score (nSPS) is 11.2. The summed E-state index contributed by atoms with van der Waals surface area (Å²) in [7, 11) is 1.77. The number of aromatic hydroxyl groups is 1. The first kappa shape index (κ1) is 12.3. The second-order valence-corrected chi connectivity index (χ2v) is 4.49. The van der Waals surface area contributed by atoms with E-state index in [-0.39, 0.29) is 5.75 Å². The lowest BCUT2D eigenvalue weighted by Gasteiger charge is -2.01. The number of H-pyrrole nitrogens is 1. The van der Waals surface area contributed by atoms with Gasteiger partial charge in [-0.15, -0.1) is 0 Å². The molecular formula is C16H15N3O. The third-order valence-corrected chi connectivity index (χ3v) is 3.22. The molecule has 100 valence electrons. The van der Waals surface area contributed by atoms with E-state index in [9.17, 15) is 5.11 Å². The minimum atomic E-state index is 0.260. The average molecular weight is 265 g/mol. The summed E-state index contributed by atoms with van der Waals surface area (Å²) >= 11 is 0. The van der Waals surface area contributed by atoms with Crippen LogP contribution in [0.1, 0.15) is 5.56 Å². The van der Waals surface area contributed by atoms with Crippen molar-refractivity contribution in [1.82, 2.24) is 10.4 Å². The summed E-state index contributed by atoms with van der Waals surface area (Å²) < 4.78 is 0. The smallest absolute Gasteiger partial charge is 0.115 e. The van der Waals surface area contributed by atoms with Crippen LogP contribution in [0.2, 0.25) is 0 Å². The van der Waals surface area contributed by atoms with Gasteiger partial charge in [0.05, 0.1) is 11.9 Å². The fourth-order valence-electron chi connectivity index (χ4n) is 2.28. The number of fused-ring (bicyclic) bond motifs is 1. The van der Waals surface area contributed by atoms with E-state index in [2.05, 4.69) is 21.6 Å². The Morgan fingerprint density at radius 1 is 1.10 bits per heavy atom. The van der Waals surface area contributed by atoms with Crippen molar-refractivity contribution < 1.29 is 5.11 Å². The minimum absolute atomic E-state index is 0.260. The van der Waals surface area contributed by atoms with Crippen molar-refractivity contribution in [2.45, 2.75) is 0 Å². The number of hydrogen-bond donors (Lipinski definition) is 3. The number of nitrogens with one attached hydrogen (secondary N) is 2. The SMILES string of the molecule is CN/N=C/c1c(-c2ccc(O)cc2)[nH]c2ccccc12. The van der Waals surface area contributed by atoms with Crippen LogP contribution in [0, 0.1) is 0 Å². The number of phenols is 1. The Morgan fingerprint density at radius 3 is 2.60 bits per heavy atom. The lowest BCUT2D eigenvalue weighted by molar-refractivity contribution is 0.475. The van der Waals surface area contributed by atoms with Gasteiger partial charge in [-0.1, -0.05) is 18.2 Å². The Morgan fingerprint density at radius 2 is 1.85 bits per heavy atom. The topological polar surface area (TPSA) is 60.4 Å². The van der Waals surface area contributed by atoms with Crippen molar-refractivity contribution in [2.75, 3.05) is 7.05 Å². The van der Waals surface area contributed by atoms with Crippen LogP contribution in [0.4, 0.5) is 0 Å². The van der Waals surface area contributed by atoms with Gasteiger partial charge in [-0.3, -0.25) is 0 Å². The zero-order chi connectivity index (χ0) is 13.9. The molecule has 0 spiro atoms. The van der Waals surface area contributed by atoms with E-state index in [4.69, 9.17) is 0 Å². The van der Waals surface area contributed by atoms with Gasteiger partial charge in [-0.05, 0) is 35.9 Å². The summed E-state index contributed by atoms with van der Waals surface area (Å²) in [5.74, 6) is 0.260. The molecule has 0 radical (unpaired) electrons. The molecular weight excluding hydrogens is 250 g/mol. The van der Waals surface area contributed by atoms with E-state index in [0.29, 0.717) is 0 Å². The second kappa shape index (κ2) is 5.09. The molecule has 0 aliphatic rings. The highest BCUT2D eigenvalue weighted by Crippen LogP contribution is 2.29. The molecule has 0 saturated heterocycles. The van der Waals surface area contributed by atoms with Gasteiger partial charge in [0.25, 0.3) is 0 Å². The van der Waals surface area contributed by atoms with Crippen molar-refractivity contribution in [3.05, 3.63) is 54.1 Å². The number of para-hydroxylation sites is 1. The lowest BCUT2D eigenvalue weighted by Crippen LogP contribution is -1.95. The largest absolute Gasteiger partial charge is 0.508 e. The molecule has 0 saturated carbocycles. The Balaban J connectivity index is 2.23. The maximum atomic E-state index is 9.41. The Kier molecular flexibility index (Phi) is 3.13. The van der Waals surface area contributed by atoms with Gasteiger partial charge < -0.3 is 15.5 Å². The molecule has 4 heteroatoms. The van der Waals surface area contributed by atoms with Crippen LogP contribution in [0.5, 0.6) is 5.75 Å². The van der Waals surface area contributed by atoms with Gasteiger partial charge in [-0.25, -0.2) is 0 Å². The molecule has 1 aromatic heterocycles. The van der Waals surface area contributed by atoms with Crippen LogP contribution in [-0.2, 0) is 0 Å². The third kappa shape index (κ3) is 2.12. The molecule has 3 N–H and O–H groups in total. The number of benzene rings is 2. The number of rotatable bonds is 3. The first-order valence-electron chi connectivity index (χ1n) is 6.39. The molecule has 20 heavy (non-hydrogen) atoms. The lowest BCUT2D eigenvalue weighted by atomic mass is 10.1. The highest BCUT2D eigenvalue weighted by atomic mass is 16.3. The molecule has 0 amide bonds. The summed E-state index contributed by atoms with van der Waals surface area (Å²) in [6.45, 7) is 0. The Bertz CT molecular complexity index is 757. The van der Waals surface area contributed by atoms with Gasteiger partial charge in [0.15, 0.2) is 0 Å². The molecule has 0 atom stereocenters. The van der Waals surface area contributed by atoms with Gasteiger partial charge >= 0.3 is 0 Å². The molecule has 0 aliphatic heterocycles. The van der Waals surface area contributed by atoms with Gasteiger partial charge in [-0.2, -0.15) is 5.10 Å². The molecule has 1 heterocycles. The summed E-state index contributed by atoms with van der Waals surface area (Å²) in [5.41, 5.74) is 6.87. The fourth-order valence-corrected chi connectivity index (χ4v) is 2.28. The van der Waals surface area contributed by atoms with Crippen LogP contribution in [-0.4, -0.2) is 23.4 Å². The summed E-state index contributed by atoms with van der Waals surface area (Å²) in [6, 6.07) is 15.2. The van der Waals surface area contributed by atoms with Crippen LogP contribution < -0.4 is 5.43 Å². The van der Waals surface area contributed by atoms with Crippen molar-refractivity contribution in [3.63, 3.8) is 0 Å². The third-order valence-electron chi connectivity index (χ3n) is 3.22. The molecule has 2 aromatic carbocycles. The molecule has 4 nitrogen and oxygen atoms in total. The summed E-state index contributed by atoms with van der Waals surface area (Å²) in [5, 5.41) is 14.7. The van der Waals surface area contributed by atoms with Crippen LogP contribution >= 0.6 is 0 Å². The zero-order valence-electron chi connectivity index (χ0n) is 11.1. The number of aromatic nitrogens is 1. The quantitative estimate of drug-likeness (QED) is 0.503. The summed E-state index contributed by atoms with van der Waals surface area (Å²) in [4.78, 5) is 3.41. The van der Waals surface area contributed by atoms with Gasteiger partial charge in [0, 0.05) is 23.5 Å². The monoisotopic (exact) mass is 265 g/mol. The molecule has 3 aromatic rings. The minimum Gasteiger partial charge on any atom is -0.508 e. The number of aromatic amines is 1. The van der Waals surface area contributed by atoms with Crippen LogP contribution in [0.3, 0.4) is 0 Å². The van der Waals surface area contributed by atoms with Crippen molar-refractivity contribution in [1.29, 1.82) is 0 Å². The molecule has 0 aliphatic carbocycles. The predicted molar refractivity (Wildman–Crippen MR) is 82.1 cm³/mol. The van der Waals surface area contributed by atoms with Gasteiger partial charge in [0.1, 0.15) is 5.75 Å². The van der Waals surface area contributed by atoms with Crippen molar-refractivity contribution in [3.8, 4) is 17.0 Å². The maximum absolute atomic E-state index is 9.41. The zero-order valence-corrected chi connectivity index (χ0v) is 11.1. The highest BCUT2D eigenvalue weighted by molar-refractivity contribution is 6.05. The maximum Gasteiger partial charge on any atom is 0.115 e. The van der Waals surface area contributed by atoms with E-state index >= 15 is 0 Å². The van der Waals surface area contributed by atoms with E-state index in [1.165, 1.54) is 0 Å². The van der Waals surface area contributed by atoms with E-state index < -0.39 is 0 Å². The Labute approximate surface area is 116 Å². The van der Waals surface area contributed by atoms with Gasteiger partial charge in [0.2, 0.25) is 0 Å². The number of nitrogens with zero attached hydrogens (tertiary/aromatic N) is 1. The number of hydrogen-bond acceptors (Lipinski definition) is 3. The predicted octanol–water partition coefficient (Wildman–Crippen LogP) is 3.09. The molecule has 0 bridgehead atoms. The van der Waals surface area contributed by atoms with Crippen LogP contribution in [0.25, 0.3) is 22.2 Å². The van der Waals surface area contributed by atoms with E-state index in [1.54, 1.807) is 25.4 Å². The standard InChI is InChI=1S/C16H15N3O/c1-17-18-10-14-13-4-2-3-5-15(13)19-16(14)11-6-8-12(20)9-7-11/h2-10,17,19-20H,1H3/b18-10+. The van der Waals surface area contributed by atoms with E-state index in [1.807, 2.05) is 30.3 Å². The molecule has 0 fully saturated rings. The van der Waals surface area contributed by atoms with E-state index in [0.717, 1.165) is 27.7 Å². The van der Waals surface area contributed by atoms with Crippen molar-refractivity contribution in [2.24, 2.45) is 5.10 Å². The van der Waals surface area contributed by atoms with Crippen molar-refractivity contribution >= 4 is 17.1 Å². The average Bonchev–Trinajstić information content (AvgIpc) is 2.84. The Hall–Kier alpha value is -2.75. The highest BCUT2D eigenvalue weighted by Gasteiger charge is 2.11. The first-order valence-corrected chi connectivity index (χ1v) is 6.39. The second-order valence-electron chi connectivity index (χ2n) is 4.49.